The molecule has 2 rings (SSSR count). The molecule has 0 amide bonds. The standard InChI is InChI=1S/C13H9NO6/c15-12-6-5-10(7-11(12)13(16)17)20-9-3-1-8(2-4-9)14(18)19/h1-7,15H,(H,16,17). The normalized spacial score (nSPS) is 10.0. The zero-order valence-electron chi connectivity index (χ0n) is 10.0. The van der Waals surface area contributed by atoms with E-state index in [2.05, 4.69) is 0 Å². The van der Waals surface area contributed by atoms with Crippen LogP contribution in [-0.2, 0) is 0 Å². The predicted molar refractivity (Wildman–Crippen MR) is 68.2 cm³/mol. The minimum Gasteiger partial charge on any atom is -0.507 e. The average molecular weight is 275 g/mol. The molecule has 2 aromatic carbocycles. The van der Waals surface area contributed by atoms with Gasteiger partial charge in [-0.05, 0) is 30.3 Å². The number of hydrogen-bond acceptors (Lipinski definition) is 5. The lowest BCUT2D eigenvalue weighted by Crippen LogP contribution is -1.97. The summed E-state index contributed by atoms with van der Waals surface area (Å²) in [5, 5.41) is 28.7. The van der Waals surface area contributed by atoms with E-state index in [0.29, 0.717) is 5.75 Å². The van der Waals surface area contributed by atoms with Crippen LogP contribution in [0.25, 0.3) is 0 Å². The Morgan fingerprint density at radius 1 is 1.10 bits per heavy atom. The first-order valence-electron chi connectivity index (χ1n) is 5.46. The van der Waals surface area contributed by atoms with Crippen LogP contribution in [0, 0.1) is 10.1 Å². The van der Waals surface area contributed by atoms with Crippen molar-refractivity contribution in [1.29, 1.82) is 0 Å². The number of carbonyl (C=O) groups is 1. The van der Waals surface area contributed by atoms with Gasteiger partial charge in [-0.15, -0.1) is 0 Å². The molecule has 0 heterocycles. The number of phenols is 1. The first kappa shape index (κ1) is 13.3. The Balaban J connectivity index is 2.23. The summed E-state index contributed by atoms with van der Waals surface area (Å²) in [6.45, 7) is 0. The highest BCUT2D eigenvalue weighted by molar-refractivity contribution is 5.91. The van der Waals surface area contributed by atoms with Crippen LogP contribution in [0.5, 0.6) is 17.2 Å². The van der Waals surface area contributed by atoms with E-state index < -0.39 is 10.9 Å². The van der Waals surface area contributed by atoms with Crippen molar-refractivity contribution in [3.8, 4) is 17.2 Å². The van der Waals surface area contributed by atoms with Gasteiger partial charge in [0.1, 0.15) is 22.8 Å². The van der Waals surface area contributed by atoms with Crippen molar-refractivity contribution in [3.05, 3.63) is 58.1 Å². The number of nitrogens with zero attached hydrogens (tertiary/aromatic N) is 1. The molecule has 0 radical (unpaired) electrons. The summed E-state index contributed by atoms with van der Waals surface area (Å²) in [4.78, 5) is 20.8. The van der Waals surface area contributed by atoms with Gasteiger partial charge in [-0.25, -0.2) is 4.79 Å². The summed E-state index contributed by atoms with van der Waals surface area (Å²) in [7, 11) is 0. The molecule has 0 saturated heterocycles. The Morgan fingerprint density at radius 3 is 2.25 bits per heavy atom. The molecule has 0 aliphatic heterocycles. The minimum atomic E-state index is -1.28. The number of carboxylic acid groups (broad SMARTS) is 1. The van der Waals surface area contributed by atoms with Crippen molar-refractivity contribution in [2.24, 2.45) is 0 Å². The van der Waals surface area contributed by atoms with Crippen LogP contribution in [0.2, 0.25) is 0 Å². The van der Waals surface area contributed by atoms with Crippen LogP contribution in [0.15, 0.2) is 42.5 Å². The summed E-state index contributed by atoms with van der Waals surface area (Å²) < 4.78 is 5.36. The fraction of sp³-hybridized carbons (Fsp3) is 0. The third-order valence-corrected chi connectivity index (χ3v) is 2.48. The van der Waals surface area contributed by atoms with E-state index in [9.17, 15) is 20.0 Å². The van der Waals surface area contributed by atoms with Gasteiger partial charge in [-0.1, -0.05) is 0 Å². The van der Waals surface area contributed by atoms with Crippen LogP contribution >= 0.6 is 0 Å². The Hall–Kier alpha value is -3.09. The van der Waals surface area contributed by atoms with Gasteiger partial charge >= 0.3 is 5.97 Å². The fourth-order valence-electron chi connectivity index (χ4n) is 1.52. The summed E-state index contributed by atoms with van der Waals surface area (Å²) >= 11 is 0. The zero-order valence-corrected chi connectivity index (χ0v) is 10.0. The number of ether oxygens (including phenoxy) is 1. The second kappa shape index (κ2) is 5.27. The number of carboxylic acids is 1. The van der Waals surface area contributed by atoms with E-state index in [4.69, 9.17) is 9.84 Å². The summed E-state index contributed by atoms with van der Waals surface area (Å²) in [6, 6.07) is 9.09. The molecule has 0 unspecified atom stereocenters. The molecule has 0 aromatic heterocycles. The van der Waals surface area contributed by atoms with Crippen molar-refractivity contribution in [3.63, 3.8) is 0 Å². The lowest BCUT2D eigenvalue weighted by molar-refractivity contribution is -0.384. The molecular formula is C13H9NO6. The number of aromatic hydroxyl groups is 1. The van der Waals surface area contributed by atoms with Gasteiger partial charge in [0.15, 0.2) is 0 Å². The zero-order chi connectivity index (χ0) is 14.7. The van der Waals surface area contributed by atoms with Crippen molar-refractivity contribution in [1.82, 2.24) is 0 Å². The Labute approximate surface area is 112 Å². The van der Waals surface area contributed by atoms with Crippen molar-refractivity contribution in [2.75, 3.05) is 0 Å². The van der Waals surface area contributed by atoms with E-state index in [-0.39, 0.29) is 22.7 Å². The molecule has 0 spiro atoms. The number of non-ortho nitro benzene ring substituents is 1. The molecule has 102 valence electrons. The van der Waals surface area contributed by atoms with Crippen LogP contribution in [0.4, 0.5) is 5.69 Å². The highest BCUT2D eigenvalue weighted by Gasteiger charge is 2.11. The molecule has 7 nitrogen and oxygen atoms in total. The van der Waals surface area contributed by atoms with E-state index in [0.717, 1.165) is 0 Å². The van der Waals surface area contributed by atoms with E-state index in [1.165, 1.54) is 42.5 Å². The monoisotopic (exact) mass is 275 g/mol. The number of nitro groups is 1. The molecule has 0 bridgehead atoms. The first-order chi connectivity index (χ1) is 9.47. The topological polar surface area (TPSA) is 110 Å². The second-order valence-electron chi connectivity index (χ2n) is 3.84. The number of hydrogen-bond donors (Lipinski definition) is 2. The minimum absolute atomic E-state index is 0.0747. The van der Waals surface area contributed by atoms with Crippen LogP contribution < -0.4 is 4.74 Å². The molecule has 2 aromatic rings. The van der Waals surface area contributed by atoms with Gasteiger partial charge in [0.2, 0.25) is 0 Å². The van der Waals surface area contributed by atoms with Crippen molar-refractivity contribution in [2.45, 2.75) is 0 Å². The number of nitro benzene ring substituents is 1. The molecule has 0 fully saturated rings. The highest BCUT2D eigenvalue weighted by atomic mass is 16.6. The van der Waals surface area contributed by atoms with Gasteiger partial charge < -0.3 is 14.9 Å². The fourth-order valence-corrected chi connectivity index (χ4v) is 1.52. The van der Waals surface area contributed by atoms with E-state index in [1.54, 1.807) is 0 Å². The Morgan fingerprint density at radius 2 is 1.70 bits per heavy atom. The average Bonchev–Trinajstić information content (AvgIpc) is 2.41. The lowest BCUT2D eigenvalue weighted by atomic mass is 10.2. The van der Waals surface area contributed by atoms with E-state index >= 15 is 0 Å². The molecule has 0 aliphatic rings. The summed E-state index contributed by atoms with van der Waals surface area (Å²) in [5.41, 5.74) is -0.362. The van der Waals surface area contributed by atoms with Crippen LogP contribution in [0.3, 0.4) is 0 Å². The van der Waals surface area contributed by atoms with Crippen molar-refractivity contribution >= 4 is 11.7 Å². The Kier molecular flexibility index (Phi) is 3.52. The lowest BCUT2D eigenvalue weighted by Gasteiger charge is -2.07. The van der Waals surface area contributed by atoms with Crippen molar-refractivity contribution < 1.29 is 24.7 Å². The largest absolute Gasteiger partial charge is 0.507 e. The maximum absolute atomic E-state index is 10.9. The van der Waals surface area contributed by atoms with Crippen LogP contribution in [0.1, 0.15) is 10.4 Å². The summed E-state index contributed by atoms with van der Waals surface area (Å²) in [5.74, 6) is -1.13. The molecule has 7 heteroatoms. The first-order valence-corrected chi connectivity index (χ1v) is 5.46. The summed E-state index contributed by atoms with van der Waals surface area (Å²) in [6.07, 6.45) is 0. The number of benzene rings is 2. The molecule has 20 heavy (non-hydrogen) atoms. The quantitative estimate of drug-likeness (QED) is 0.655. The maximum Gasteiger partial charge on any atom is 0.339 e. The Bertz CT molecular complexity index is 665. The van der Waals surface area contributed by atoms with Gasteiger partial charge in [-0.3, -0.25) is 10.1 Å². The maximum atomic E-state index is 10.9. The van der Waals surface area contributed by atoms with Gasteiger partial charge in [0.05, 0.1) is 4.92 Å². The molecule has 0 atom stereocenters. The number of aromatic carboxylic acids is 1. The van der Waals surface area contributed by atoms with Gasteiger partial charge in [0.25, 0.3) is 5.69 Å². The van der Waals surface area contributed by atoms with Crippen LogP contribution in [-0.4, -0.2) is 21.1 Å². The molecule has 0 saturated carbocycles. The third kappa shape index (κ3) is 2.83. The predicted octanol–water partition coefficient (Wildman–Crippen LogP) is 2.79. The second-order valence-corrected chi connectivity index (χ2v) is 3.84. The molecule has 2 N–H and O–H groups in total. The van der Waals surface area contributed by atoms with E-state index in [1.807, 2.05) is 0 Å². The third-order valence-electron chi connectivity index (χ3n) is 2.48. The van der Waals surface area contributed by atoms with Gasteiger partial charge in [0, 0.05) is 12.1 Å². The number of rotatable bonds is 4. The van der Waals surface area contributed by atoms with Gasteiger partial charge in [-0.2, -0.15) is 0 Å². The SMILES string of the molecule is O=C(O)c1cc(Oc2ccc([N+](=O)[O-])cc2)ccc1O. The molecular weight excluding hydrogens is 266 g/mol. The smallest absolute Gasteiger partial charge is 0.339 e. The highest BCUT2D eigenvalue weighted by Crippen LogP contribution is 2.28. The molecule has 0 aliphatic carbocycles.